The SMILES string of the molecule is COCC(=O)CC(=O)c1ccnn1C. The van der Waals surface area contributed by atoms with Crippen molar-refractivity contribution in [3.8, 4) is 0 Å². The summed E-state index contributed by atoms with van der Waals surface area (Å²) < 4.78 is 6.07. The molecular weight excluding hydrogens is 184 g/mol. The average molecular weight is 196 g/mol. The first-order valence-corrected chi connectivity index (χ1v) is 4.17. The van der Waals surface area contributed by atoms with Gasteiger partial charge in [-0.3, -0.25) is 14.3 Å². The van der Waals surface area contributed by atoms with E-state index in [0.717, 1.165) is 0 Å². The van der Waals surface area contributed by atoms with Crippen LogP contribution >= 0.6 is 0 Å². The van der Waals surface area contributed by atoms with Crippen molar-refractivity contribution in [1.29, 1.82) is 0 Å². The van der Waals surface area contributed by atoms with E-state index in [-0.39, 0.29) is 24.6 Å². The highest BCUT2D eigenvalue weighted by Crippen LogP contribution is 2.01. The van der Waals surface area contributed by atoms with Gasteiger partial charge in [0.25, 0.3) is 0 Å². The van der Waals surface area contributed by atoms with Gasteiger partial charge in [0.1, 0.15) is 12.3 Å². The summed E-state index contributed by atoms with van der Waals surface area (Å²) in [5.74, 6) is -0.453. The summed E-state index contributed by atoms with van der Waals surface area (Å²) in [6.07, 6.45) is 1.39. The molecule has 0 aliphatic carbocycles. The van der Waals surface area contributed by atoms with E-state index < -0.39 is 0 Å². The van der Waals surface area contributed by atoms with Crippen LogP contribution in [0.4, 0.5) is 0 Å². The number of ether oxygens (including phenoxy) is 1. The van der Waals surface area contributed by atoms with Crippen LogP contribution in [0, 0.1) is 0 Å². The van der Waals surface area contributed by atoms with E-state index in [1.165, 1.54) is 18.0 Å². The van der Waals surface area contributed by atoms with Crippen LogP contribution < -0.4 is 0 Å². The van der Waals surface area contributed by atoms with Crippen LogP contribution in [0.3, 0.4) is 0 Å². The van der Waals surface area contributed by atoms with Crippen molar-refractivity contribution >= 4 is 11.6 Å². The van der Waals surface area contributed by atoms with Crippen molar-refractivity contribution in [3.05, 3.63) is 18.0 Å². The summed E-state index contributed by atoms with van der Waals surface area (Å²) in [7, 11) is 3.08. The maximum Gasteiger partial charge on any atom is 0.188 e. The second-order valence-corrected chi connectivity index (χ2v) is 2.91. The van der Waals surface area contributed by atoms with E-state index >= 15 is 0 Å². The maximum atomic E-state index is 11.5. The minimum Gasteiger partial charge on any atom is -0.377 e. The van der Waals surface area contributed by atoms with Crippen molar-refractivity contribution in [2.24, 2.45) is 7.05 Å². The Morgan fingerprint density at radius 3 is 2.79 bits per heavy atom. The topological polar surface area (TPSA) is 61.2 Å². The van der Waals surface area contributed by atoms with Gasteiger partial charge in [0.2, 0.25) is 0 Å². The fraction of sp³-hybridized carbons (Fsp3) is 0.444. The fourth-order valence-corrected chi connectivity index (χ4v) is 1.13. The van der Waals surface area contributed by atoms with E-state index in [0.29, 0.717) is 5.69 Å². The molecule has 1 rings (SSSR count). The van der Waals surface area contributed by atoms with E-state index in [1.807, 2.05) is 0 Å². The van der Waals surface area contributed by atoms with Gasteiger partial charge in [-0.25, -0.2) is 0 Å². The summed E-state index contributed by atoms with van der Waals surface area (Å²) in [5.41, 5.74) is 0.439. The number of hydrogen-bond acceptors (Lipinski definition) is 4. The van der Waals surface area contributed by atoms with Gasteiger partial charge in [0.15, 0.2) is 11.6 Å². The molecular formula is C9H12N2O3. The molecule has 5 heteroatoms. The Labute approximate surface area is 81.7 Å². The molecule has 0 aliphatic heterocycles. The van der Waals surface area contributed by atoms with E-state index in [2.05, 4.69) is 9.84 Å². The Balaban J connectivity index is 2.59. The Morgan fingerprint density at radius 1 is 1.57 bits per heavy atom. The molecule has 0 aliphatic rings. The van der Waals surface area contributed by atoms with Gasteiger partial charge in [0, 0.05) is 20.4 Å². The Morgan fingerprint density at radius 2 is 2.29 bits per heavy atom. The van der Waals surface area contributed by atoms with Crippen LogP contribution in [0.25, 0.3) is 0 Å². The van der Waals surface area contributed by atoms with Gasteiger partial charge >= 0.3 is 0 Å². The molecule has 0 saturated carbocycles. The smallest absolute Gasteiger partial charge is 0.188 e. The number of rotatable bonds is 5. The van der Waals surface area contributed by atoms with Crippen LogP contribution in [0.2, 0.25) is 0 Å². The molecule has 0 fully saturated rings. The summed E-state index contributed by atoms with van der Waals surface area (Å²) in [5, 5.41) is 3.84. The summed E-state index contributed by atoms with van der Waals surface area (Å²) >= 11 is 0. The first kappa shape index (κ1) is 10.6. The van der Waals surface area contributed by atoms with Crippen LogP contribution in [0.5, 0.6) is 0 Å². The highest BCUT2D eigenvalue weighted by Gasteiger charge is 2.14. The van der Waals surface area contributed by atoms with Gasteiger partial charge in [-0.1, -0.05) is 0 Å². The molecule has 0 spiro atoms. The second-order valence-electron chi connectivity index (χ2n) is 2.91. The highest BCUT2D eigenvalue weighted by atomic mass is 16.5. The van der Waals surface area contributed by atoms with Gasteiger partial charge < -0.3 is 4.74 Å². The van der Waals surface area contributed by atoms with Crippen LogP contribution in [-0.2, 0) is 16.6 Å². The highest BCUT2D eigenvalue weighted by molar-refractivity contribution is 6.07. The fourth-order valence-electron chi connectivity index (χ4n) is 1.13. The van der Waals surface area contributed by atoms with E-state index in [4.69, 9.17) is 0 Å². The predicted molar refractivity (Wildman–Crippen MR) is 49.0 cm³/mol. The van der Waals surface area contributed by atoms with Crippen LogP contribution in [0.15, 0.2) is 12.3 Å². The van der Waals surface area contributed by atoms with Gasteiger partial charge in [0.05, 0.1) is 6.42 Å². The summed E-state index contributed by atoms with van der Waals surface area (Å²) in [4.78, 5) is 22.6. The number of carbonyl (C=O) groups excluding carboxylic acids is 2. The summed E-state index contributed by atoms with van der Waals surface area (Å²) in [6.45, 7) is -0.0242. The minimum absolute atomic E-state index is 0.0242. The molecule has 0 radical (unpaired) electrons. The van der Waals surface area contributed by atoms with Crippen molar-refractivity contribution < 1.29 is 14.3 Å². The molecule has 0 atom stereocenters. The minimum atomic E-state index is -0.230. The monoisotopic (exact) mass is 196 g/mol. The third-order valence-electron chi connectivity index (χ3n) is 1.77. The Bertz CT molecular complexity index is 344. The molecule has 14 heavy (non-hydrogen) atoms. The zero-order valence-electron chi connectivity index (χ0n) is 8.19. The molecule has 0 bridgehead atoms. The Hall–Kier alpha value is -1.49. The van der Waals surface area contributed by atoms with Crippen molar-refractivity contribution in [3.63, 3.8) is 0 Å². The standard InChI is InChI=1S/C9H12N2O3/c1-11-8(3-4-10-11)9(13)5-7(12)6-14-2/h3-4H,5-6H2,1-2H3. The average Bonchev–Trinajstić information content (AvgIpc) is 2.51. The zero-order valence-corrected chi connectivity index (χ0v) is 8.19. The molecule has 0 aromatic carbocycles. The normalized spacial score (nSPS) is 10.1. The first-order valence-electron chi connectivity index (χ1n) is 4.17. The maximum absolute atomic E-state index is 11.5. The lowest BCUT2D eigenvalue weighted by Crippen LogP contribution is -2.15. The molecule has 5 nitrogen and oxygen atoms in total. The van der Waals surface area contributed by atoms with Crippen molar-refractivity contribution in [1.82, 2.24) is 9.78 Å². The molecule has 0 unspecified atom stereocenters. The second kappa shape index (κ2) is 4.66. The predicted octanol–water partition coefficient (Wildman–Crippen LogP) is 0.208. The van der Waals surface area contributed by atoms with Crippen LogP contribution in [-0.4, -0.2) is 35.1 Å². The van der Waals surface area contributed by atoms with Crippen molar-refractivity contribution in [2.45, 2.75) is 6.42 Å². The zero-order chi connectivity index (χ0) is 10.6. The van der Waals surface area contributed by atoms with Crippen LogP contribution in [0.1, 0.15) is 16.9 Å². The van der Waals surface area contributed by atoms with Crippen molar-refractivity contribution in [2.75, 3.05) is 13.7 Å². The number of methoxy groups -OCH3 is 1. The summed E-state index contributed by atoms with van der Waals surface area (Å²) in [6, 6.07) is 1.59. The first-order chi connectivity index (χ1) is 6.65. The molecule has 1 aromatic rings. The van der Waals surface area contributed by atoms with Gasteiger partial charge in [-0.05, 0) is 6.07 Å². The third kappa shape index (κ3) is 2.50. The number of ketones is 2. The quantitative estimate of drug-likeness (QED) is 0.499. The largest absolute Gasteiger partial charge is 0.377 e. The molecule has 1 heterocycles. The number of nitrogens with zero attached hydrogens (tertiary/aromatic N) is 2. The van der Waals surface area contributed by atoms with Gasteiger partial charge in [-0.2, -0.15) is 5.10 Å². The number of carbonyl (C=O) groups is 2. The molecule has 1 aromatic heterocycles. The molecule has 0 amide bonds. The van der Waals surface area contributed by atoms with E-state index in [9.17, 15) is 9.59 Å². The lowest BCUT2D eigenvalue weighted by molar-refractivity contribution is -0.121. The molecule has 0 saturated heterocycles. The number of Topliss-reactive ketones (excluding diaryl/α,β-unsaturated/α-hetero) is 2. The number of hydrogen-bond donors (Lipinski definition) is 0. The number of aryl methyl sites for hydroxylation is 1. The molecule has 0 N–H and O–H groups in total. The Kier molecular flexibility index (Phi) is 3.53. The van der Waals surface area contributed by atoms with Gasteiger partial charge in [-0.15, -0.1) is 0 Å². The third-order valence-corrected chi connectivity index (χ3v) is 1.77. The number of aromatic nitrogens is 2. The molecule has 76 valence electrons. The lowest BCUT2D eigenvalue weighted by atomic mass is 10.1. The van der Waals surface area contributed by atoms with E-state index in [1.54, 1.807) is 13.1 Å². The lowest BCUT2D eigenvalue weighted by Gasteiger charge is -2.00.